The van der Waals surface area contributed by atoms with Crippen LogP contribution in [0.25, 0.3) is 33.2 Å². The first-order chi connectivity index (χ1) is 19.6. The van der Waals surface area contributed by atoms with Crippen LogP contribution in [0.5, 0.6) is 5.75 Å². The van der Waals surface area contributed by atoms with Gasteiger partial charge in [-0.25, -0.2) is 9.78 Å². The molecule has 0 atom stereocenters. The monoisotopic (exact) mass is 597 g/mol. The second kappa shape index (κ2) is 12.1. The second-order valence-electron chi connectivity index (χ2n) is 10.2. The molecule has 1 aliphatic carbocycles. The number of halogens is 1. The molecule has 0 fully saturated rings. The van der Waals surface area contributed by atoms with Crippen LogP contribution in [0.2, 0.25) is 0 Å². The predicted octanol–water partition coefficient (Wildman–Crippen LogP) is 7.79. The summed E-state index contributed by atoms with van der Waals surface area (Å²) in [4.78, 5) is 24.9. The number of ether oxygens (including phenoxy) is 1. The fourth-order valence-electron chi connectivity index (χ4n) is 5.39. The van der Waals surface area contributed by atoms with Crippen molar-refractivity contribution in [3.05, 3.63) is 82.6 Å². The average Bonchev–Trinajstić information content (AvgIpc) is 3.41. The highest BCUT2D eigenvalue weighted by molar-refractivity contribution is 9.10. The minimum absolute atomic E-state index is 0.429. The number of rotatable bonds is 9. The van der Waals surface area contributed by atoms with Crippen LogP contribution in [-0.4, -0.2) is 34.1 Å². The van der Waals surface area contributed by atoms with E-state index in [1.807, 2.05) is 24.3 Å². The van der Waals surface area contributed by atoms with Crippen molar-refractivity contribution in [3.8, 4) is 17.0 Å². The van der Waals surface area contributed by atoms with Crippen LogP contribution in [-0.2, 0) is 12.8 Å². The molecular weight excluding hydrogens is 566 g/mol. The first-order valence-electron chi connectivity index (χ1n) is 14.0. The highest BCUT2D eigenvalue weighted by atomic mass is 79.9. The van der Waals surface area contributed by atoms with Gasteiger partial charge in [0, 0.05) is 51.6 Å². The third-order valence-corrected chi connectivity index (χ3v) is 7.91. The number of hydrogen-bond donors (Lipinski definition) is 3. The molecule has 204 valence electrons. The van der Waals surface area contributed by atoms with E-state index in [2.05, 4.69) is 60.8 Å². The zero-order valence-corrected chi connectivity index (χ0v) is 23.9. The number of aryl methyl sites for hydroxylation is 1. The normalized spacial score (nSPS) is 12.8. The molecule has 0 saturated carbocycles. The maximum absolute atomic E-state index is 12.3. The van der Waals surface area contributed by atoms with E-state index < -0.39 is 6.09 Å². The van der Waals surface area contributed by atoms with Gasteiger partial charge in [-0.15, -0.1) is 0 Å². The van der Waals surface area contributed by atoms with E-state index in [9.17, 15) is 4.79 Å². The van der Waals surface area contributed by atoms with E-state index in [0.29, 0.717) is 12.3 Å². The molecule has 0 unspecified atom stereocenters. The van der Waals surface area contributed by atoms with E-state index in [1.54, 1.807) is 18.3 Å². The predicted molar refractivity (Wildman–Crippen MR) is 164 cm³/mol. The average molecular weight is 599 g/mol. The van der Waals surface area contributed by atoms with E-state index in [1.165, 1.54) is 35.2 Å². The summed E-state index contributed by atoms with van der Waals surface area (Å²) in [5.74, 6) is 0.514. The van der Waals surface area contributed by atoms with Crippen LogP contribution < -0.4 is 15.4 Å². The van der Waals surface area contributed by atoms with Gasteiger partial charge in [0.25, 0.3) is 0 Å². The minimum Gasteiger partial charge on any atom is -0.410 e. The highest BCUT2D eigenvalue weighted by Gasteiger charge is 2.18. The van der Waals surface area contributed by atoms with Crippen LogP contribution in [0, 0.1) is 0 Å². The largest absolute Gasteiger partial charge is 0.412 e. The third-order valence-electron chi connectivity index (χ3n) is 7.42. The number of unbranched alkanes of at least 4 members (excludes halogenated alkanes) is 2. The Kier molecular flexibility index (Phi) is 7.95. The summed E-state index contributed by atoms with van der Waals surface area (Å²) in [6.07, 6.45) is 8.85. The van der Waals surface area contributed by atoms with Crippen molar-refractivity contribution in [2.24, 2.45) is 0 Å². The van der Waals surface area contributed by atoms with Crippen molar-refractivity contribution in [2.75, 3.05) is 18.4 Å². The number of hydrogen-bond acceptors (Lipinski definition) is 5. The molecule has 2 aromatic carbocycles. The van der Waals surface area contributed by atoms with E-state index in [0.717, 1.165) is 70.9 Å². The number of anilines is 1. The van der Waals surface area contributed by atoms with Gasteiger partial charge in [0.15, 0.2) is 0 Å². The van der Waals surface area contributed by atoms with Gasteiger partial charge in [0.1, 0.15) is 11.4 Å². The zero-order chi connectivity index (χ0) is 27.3. The number of nitrogens with one attached hydrogen (secondary N) is 3. The Hall–Kier alpha value is -3.91. The number of pyridine rings is 2. The van der Waals surface area contributed by atoms with Gasteiger partial charge in [-0.3, -0.25) is 4.98 Å². The van der Waals surface area contributed by atoms with Gasteiger partial charge in [-0.05, 0) is 117 Å². The summed E-state index contributed by atoms with van der Waals surface area (Å²) >= 11 is 3.58. The minimum atomic E-state index is -0.429. The quantitative estimate of drug-likeness (QED) is 0.151. The van der Waals surface area contributed by atoms with E-state index >= 15 is 0 Å². The fourth-order valence-corrected chi connectivity index (χ4v) is 5.74. The molecule has 8 heteroatoms. The van der Waals surface area contributed by atoms with Gasteiger partial charge in [-0.2, -0.15) is 0 Å². The number of fused-ring (bicyclic) bond motifs is 3. The summed E-state index contributed by atoms with van der Waals surface area (Å²) in [7, 11) is 0. The summed E-state index contributed by atoms with van der Waals surface area (Å²) in [6, 6.07) is 19.8. The molecule has 40 heavy (non-hydrogen) atoms. The number of aromatic amines is 1. The molecule has 0 spiro atoms. The lowest BCUT2D eigenvalue weighted by atomic mass is 9.92. The molecule has 0 bridgehead atoms. The molecule has 0 radical (unpaired) electrons. The topological polar surface area (TPSA) is 91.9 Å². The molecule has 3 N–H and O–H groups in total. The molecule has 0 saturated heterocycles. The maximum atomic E-state index is 12.3. The van der Waals surface area contributed by atoms with Crippen molar-refractivity contribution < 1.29 is 9.53 Å². The Morgan fingerprint density at radius 3 is 2.70 bits per heavy atom. The van der Waals surface area contributed by atoms with Crippen LogP contribution in [0.3, 0.4) is 0 Å². The molecule has 0 aliphatic heterocycles. The molecule has 1 aliphatic rings. The standard InChI is InChI=1S/C32H32BrN5O2/c33-23-12-15-26-29(20-23)37-27-9-3-2-8-25(27)30(26)34-16-4-1-5-17-36-32(39)40-24-13-10-21(11-14-24)28-19-22-7-6-18-35-31(22)38-28/h6-7,10-15,18-20H,1-5,8-9,16-17H2,(H,34,37)(H,35,38)(H,36,39). The summed E-state index contributed by atoms with van der Waals surface area (Å²) < 4.78 is 6.51. The summed E-state index contributed by atoms with van der Waals surface area (Å²) in [6.45, 7) is 1.48. The van der Waals surface area contributed by atoms with Crippen LogP contribution in [0.15, 0.2) is 71.3 Å². The Labute approximate surface area is 241 Å². The number of carbonyl (C=O) groups excluding carboxylic acids is 1. The van der Waals surface area contributed by atoms with Gasteiger partial charge in [-0.1, -0.05) is 15.9 Å². The number of benzene rings is 2. The van der Waals surface area contributed by atoms with Crippen LogP contribution in [0.4, 0.5) is 10.5 Å². The molecule has 6 rings (SSSR count). The van der Waals surface area contributed by atoms with Gasteiger partial charge in [0.05, 0.1) is 5.52 Å². The lowest BCUT2D eigenvalue weighted by Crippen LogP contribution is -2.27. The van der Waals surface area contributed by atoms with Crippen LogP contribution in [0.1, 0.15) is 43.4 Å². The van der Waals surface area contributed by atoms with Crippen molar-refractivity contribution >= 4 is 49.6 Å². The Morgan fingerprint density at radius 1 is 0.975 bits per heavy atom. The number of H-pyrrole nitrogens is 1. The van der Waals surface area contributed by atoms with E-state index in [4.69, 9.17) is 9.72 Å². The molecule has 7 nitrogen and oxygen atoms in total. The maximum Gasteiger partial charge on any atom is 0.412 e. The summed E-state index contributed by atoms with van der Waals surface area (Å²) in [5.41, 5.74) is 7.76. The van der Waals surface area contributed by atoms with Crippen molar-refractivity contribution in [2.45, 2.75) is 44.9 Å². The van der Waals surface area contributed by atoms with E-state index in [-0.39, 0.29) is 0 Å². The molecule has 5 aromatic rings. The lowest BCUT2D eigenvalue weighted by molar-refractivity contribution is 0.200. The Bertz CT molecular complexity index is 1610. The fraction of sp³-hybridized carbons (Fsp3) is 0.281. The number of amides is 1. The molecular formula is C32H32BrN5O2. The molecule has 1 amide bonds. The zero-order valence-electron chi connectivity index (χ0n) is 22.3. The first-order valence-corrected chi connectivity index (χ1v) is 14.8. The van der Waals surface area contributed by atoms with Gasteiger partial charge < -0.3 is 20.4 Å². The summed E-state index contributed by atoms with van der Waals surface area (Å²) in [5, 5.41) is 8.84. The number of nitrogens with zero attached hydrogens (tertiary/aromatic N) is 2. The van der Waals surface area contributed by atoms with Gasteiger partial charge >= 0.3 is 6.09 Å². The second-order valence-corrected chi connectivity index (χ2v) is 11.1. The third kappa shape index (κ3) is 5.97. The first kappa shape index (κ1) is 26.3. The van der Waals surface area contributed by atoms with Crippen LogP contribution >= 0.6 is 15.9 Å². The smallest absolute Gasteiger partial charge is 0.410 e. The SMILES string of the molecule is O=C(NCCCCCNc1c2c(nc3cc(Br)ccc13)CCCC2)Oc1ccc(-c2cc3cccnc3[nH]2)cc1. The Morgan fingerprint density at radius 2 is 1.82 bits per heavy atom. The molecule has 3 aromatic heterocycles. The lowest BCUT2D eigenvalue weighted by Gasteiger charge is -2.22. The Balaban J connectivity index is 0.943. The molecule has 3 heterocycles. The highest BCUT2D eigenvalue weighted by Crippen LogP contribution is 2.34. The van der Waals surface area contributed by atoms with Gasteiger partial charge in [0.2, 0.25) is 0 Å². The van der Waals surface area contributed by atoms with Crippen molar-refractivity contribution in [3.63, 3.8) is 0 Å². The number of aromatic nitrogens is 3. The van der Waals surface area contributed by atoms with Crippen molar-refractivity contribution in [1.29, 1.82) is 0 Å². The van der Waals surface area contributed by atoms with Crippen molar-refractivity contribution in [1.82, 2.24) is 20.3 Å². The number of carbonyl (C=O) groups is 1.